The number of nitrogens with zero attached hydrogens (tertiary/aromatic N) is 1. The van der Waals surface area contributed by atoms with E-state index in [1.165, 1.54) is 5.56 Å². The van der Waals surface area contributed by atoms with Crippen molar-refractivity contribution in [1.29, 1.82) is 0 Å². The Morgan fingerprint density at radius 3 is 2.52 bits per heavy atom. The number of nitrogens with two attached hydrogens (primary N) is 1. The van der Waals surface area contributed by atoms with Gasteiger partial charge in [0.15, 0.2) is 0 Å². The van der Waals surface area contributed by atoms with Gasteiger partial charge in [0.2, 0.25) is 5.91 Å². The maximum atomic E-state index is 13.1. The van der Waals surface area contributed by atoms with E-state index in [4.69, 9.17) is 5.73 Å². The lowest BCUT2D eigenvalue weighted by Crippen LogP contribution is -2.38. The van der Waals surface area contributed by atoms with Gasteiger partial charge in [-0.15, -0.1) is 0 Å². The Bertz CT molecular complexity index is 704. The minimum Gasteiger partial charge on any atom is -0.397 e. The molecular formula is C18H18N2O. The third-order valence-electron chi connectivity index (χ3n) is 4.76. The first-order valence-corrected chi connectivity index (χ1v) is 7.47. The first-order chi connectivity index (χ1) is 10.2. The van der Waals surface area contributed by atoms with Crippen molar-refractivity contribution in [3.05, 3.63) is 59.7 Å². The molecule has 0 saturated heterocycles. The van der Waals surface area contributed by atoms with E-state index in [9.17, 15) is 4.79 Å². The molecule has 1 heterocycles. The molecule has 21 heavy (non-hydrogen) atoms. The predicted molar refractivity (Wildman–Crippen MR) is 84.3 cm³/mol. The molecule has 1 saturated carbocycles. The molecule has 3 nitrogen and oxygen atoms in total. The van der Waals surface area contributed by atoms with Crippen LogP contribution in [0.2, 0.25) is 0 Å². The van der Waals surface area contributed by atoms with E-state index in [-0.39, 0.29) is 11.3 Å². The molecule has 4 rings (SSSR count). The molecule has 0 unspecified atom stereocenters. The summed E-state index contributed by atoms with van der Waals surface area (Å²) in [6, 6.07) is 16.1. The summed E-state index contributed by atoms with van der Waals surface area (Å²) in [5.41, 5.74) is 9.76. The fourth-order valence-corrected chi connectivity index (χ4v) is 3.46. The molecular weight excluding hydrogens is 260 g/mol. The van der Waals surface area contributed by atoms with Crippen molar-refractivity contribution in [2.24, 2.45) is 0 Å². The number of carbonyl (C=O) groups excluding carboxylic acids is 1. The summed E-state index contributed by atoms with van der Waals surface area (Å²) >= 11 is 0. The Morgan fingerprint density at radius 2 is 1.81 bits per heavy atom. The van der Waals surface area contributed by atoms with Gasteiger partial charge in [0.25, 0.3) is 0 Å². The zero-order valence-electron chi connectivity index (χ0n) is 11.9. The number of fused-ring (bicyclic) bond motifs is 1. The summed E-state index contributed by atoms with van der Waals surface area (Å²) < 4.78 is 0. The van der Waals surface area contributed by atoms with Crippen molar-refractivity contribution in [1.82, 2.24) is 0 Å². The molecule has 0 bridgehead atoms. The van der Waals surface area contributed by atoms with Crippen LogP contribution in [0.15, 0.2) is 48.5 Å². The summed E-state index contributed by atoms with van der Waals surface area (Å²) in [5, 5.41) is 0. The molecule has 2 aromatic rings. The summed E-state index contributed by atoms with van der Waals surface area (Å²) in [5.74, 6) is 0.213. The number of anilines is 2. The molecule has 0 radical (unpaired) electrons. The zero-order chi connectivity index (χ0) is 14.4. The van der Waals surface area contributed by atoms with Crippen LogP contribution in [-0.2, 0) is 16.6 Å². The Balaban J connectivity index is 1.72. The fourth-order valence-electron chi connectivity index (χ4n) is 3.46. The molecule has 1 fully saturated rings. The van der Waals surface area contributed by atoms with Crippen LogP contribution in [-0.4, -0.2) is 12.5 Å². The van der Waals surface area contributed by atoms with Crippen molar-refractivity contribution in [2.75, 3.05) is 17.2 Å². The molecule has 0 atom stereocenters. The lowest BCUT2D eigenvalue weighted by Gasteiger charge is -2.25. The van der Waals surface area contributed by atoms with E-state index < -0.39 is 0 Å². The second-order valence-corrected chi connectivity index (χ2v) is 6.01. The van der Waals surface area contributed by atoms with Crippen molar-refractivity contribution in [2.45, 2.75) is 24.7 Å². The molecule has 1 aliphatic heterocycles. The van der Waals surface area contributed by atoms with Crippen LogP contribution in [0.3, 0.4) is 0 Å². The van der Waals surface area contributed by atoms with E-state index >= 15 is 0 Å². The Kier molecular flexibility index (Phi) is 2.58. The lowest BCUT2D eigenvalue weighted by molar-refractivity contribution is -0.120. The normalized spacial score (nSPS) is 18.4. The van der Waals surface area contributed by atoms with E-state index in [0.29, 0.717) is 5.69 Å². The topological polar surface area (TPSA) is 46.3 Å². The van der Waals surface area contributed by atoms with Gasteiger partial charge in [-0.05, 0) is 36.5 Å². The Labute approximate surface area is 124 Å². The number of benzene rings is 2. The van der Waals surface area contributed by atoms with Gasteiger partial charge >= 0.3 is 0 Å². The highest BCUT2D eigenvalue weighted by atomic mass is 16.2. The standard InChI is InChI=1S/C18H18N2O/c19-15-8-4-5-13-9-12-20(16(13)15)17(21)18(10-11-18)14-6-2-1-3-7-14/h1-8H,9-12,19H2. The monoisotopic (exact) mass is 278 g/mol. The van der Waals surface area contributed by atoms with Gasteiger partial charge in [0.05, 0.1) is 16.8 Å². The fraction of sp³-hybridized carbons (Fsp3) is 0.278. The maximum Gasteiger partial charge on any atom is 0.237 e. The molecule has 1 amide bonds. The minimum atomic E-state index is -0.314. The largest absolute Gasteiger partial charge is 0.397 e. The quantitative estimate of drug-likeness (QED) is 0.859. The number of hydrogen-bond acceptors (Lipinski definition) is 2. The van der Waals surface area contributed by atoms with Crippen LogP contribution in [0.25, 0.3) is 0 Å². The minimum absolute atomic E-state index is 0.213. The summed E-state index contributed by atoms with van der Waals surface area (Å²) in [6.45, 7) is 0.747. The first kappa shape index (κ1) is 12.5. The molecule has 2 N–H and O–H groups in total. The van der Waals surface area contributed by atoms with Crippen molar-refractivity contribution in [3.63, 3.8) is 0 Å². The maximum absolute atomic E-state index is 13.1. The van der Waals surface area contributed by atoms with Crippen LogP contribution in [0.4, 0.5) is 11.4 Å². The van der Waals surface area contributed by atoms with Gasteiger partial charge in [0.1, 0.15) is 0 Å². The number of rotatable bonds is 2. The molecule has 2 aliphatic rings. The van der Waals surface area contributed by atoms with Gasteiger partial charge in [0, 0.05) is 6.54 Å². The molecule has 3 heteroatoms. The van der Waals surface area contributed by atoms with E-state index in [2.05, 4.69) is 18.2 Å². The first-order valence-electron chi connectivity index (χ1n) is 7.47. The highest BCUT2D eigenvalue weighted by Crippen LogP contribution is 2.51. The van der Waals surface area contributed by atoms with Crippen molar-refractivity contribution in [3.8, 4) is 0 Å². The van der Waals surface area contributed by atoms with Gasteiger partial charge in [-0.1, -0.05) is 42.5 Å². The van der Waals surface area contributed by atoms with Crippen molar-refractivity contribution >= 4 is 17.3 Å². The van der Waals surface area contributed by atoms with E-state index in [1.807, 2.05) is 35.2 Å². The second kappa shape index (κ2) is 4.35. The molecule has 1 aliphatic carbocycles. The molecule has 2 aromatic carbocycles. The predicted octanol–water partition coefficient (Wildman–Crippen LogP) is 2.89. The van der Waals surface area contributed by atoms with Crippen LogP contribution < -0.4 is 10.6 Å². The van der Waals surface area contributed by atoms with Gasteiger partial charge in [-0.25, -0.2) is 0 Å². The summed E-state index contributed by atoms with van der Waals surface area (Å²) in [4.78, 5) is 15.0. The Hall–Kier alpha value is -2.29. The second-order valence-electron chi connectivity index (χ2n) is 6.01. The van der Waals surface area contributed by atoms with E-state index in [1.54, 1.807) is 0 Å². The lowest BCUT2D eigenvalue weighted by atomic mass is 9.94. The molecule has 0 spiro atoms. The highest BCUT2D eigenvalue weighted by Gasteiger charge is 2.53. The number of amides is 1. The number of nitrogen functional groups attached to an aromatic ring is 1. The van der Waals surface area contributed by atoms with Crippen LogP contribution >= 0.6 is 0 Å². The van der Waals surface area contributed by atoms with E-state index in [0.717, 1.165) is 37.1 Å². The number of para-hydroxylation sites is 1. The average molecular weight is 278 g/mol. The van der Waals surface area contributed by atoms with Gasteiger partial charge < -0.3 is 10.6 Å². The number of carbonyl (C=O) groups is 1. The highest BCUT2D eigenvalue weighted by molar-refractivity contribution is 6.06. The Morgan fingerprint density at radius 1 is 1.05 bits per heavy atom. The zero-order valence-corrected chi connectivity index (χ0v) is 11.9. The summed E-state index contributed by atoms with van der Waals surface area (Å²) in [6.07, 6.45) is 2.78. The average Bonchev–Trinajstić information content (AvgIpc) is 3.21. The van der Waals surface area contributed by atoms with Gasteiger partial charge in [-0.3, -0.25) is 4.79 Å². The molecule has 0 aromatic heterocycles. The molecule has 106 valence electrons. The summed E-state index contributed by atoms with van der Waals surface area (Å²) in [7, 11) is 0. The van der Waals surface area contributed by atoms with Crippen molar-refractivity contribution < 1.29 is 4.79 Å². The smallest absolute Gasteiger partial charge is 0.237 e. The third kappa shape index (κ3) is 1.77. The van der Waals surface area contributed by atoms with Crippen LogP contribution in [0, 0.1) is 0 Å². The SMILES string of the molecule is Nc1cccc2c1N(C(=O)C1(c3ccccc3)CC1)CC2. The van der Waals surface area contributed by atoms with Gasteiger partial charge in [-0.2, -0.15) is 0 Å². The van der Waals surface area contributed by atoms with Crippen LogP contribution in [0.5, 0.6) is 0 Å². The van der Waals surface area contributed by atoms with Crippen LogP contribution in [0.1, 0.15) is 24.0 Å². The third-order valence-corrected chi connectivity index (χ3v) is 4.76. The number of hydrogen-bond donors (Lipinski definition) is 1.